The van der Waals surface area contributed by atoms with Crippen LogP contribution in [0.25, 0.3) is 0 Å². The molecule has 0 radical (unpaired) electrons. The van der Waals surface area contributed by atoms with Gasteiger partial charge in [-0.3, -0.25) is 19.3 Å². The van der Waals surface area contributed by atoms with E-state index < -0.39 is 46.5 Å². The summed E-state index contributed by atoms with van der Waals surface area (Å²) >= 11 is 0. The van der Waals surface area contributed by atoms with Crippen LogP contribution in [0.3, 0.4) is 0 Å². The summed E-state index contributed by atoms with van der Waals surface area (Å²) in [4.78, 5) is 37.7. The molecule has 9 heteroatoms. The predicted octanol–water partition coefficient (Wildman–Crippen LogP) is 2.30. The number of hydrogen-bond donors (Lipinski definition) is 0. The van der Waals surface area contributed by atoms with Crippen molar-refractivity contribution in [2.24, 2.45) is 0 Å². The molecule has 0 aliphatic heterocycles. The van der Waals surface area contributed by atoms with Gasteiger partial charge in [0.05, 0.1) is 23.7 Å². The molecule has 0 unspecified atom stereocenters. The van der Waals surface area contributed by atoms with Crippen LogP contribution in [0, 0.1) is 6.92 Å². The summed E-state index contributed by atoms with van der Waals surface area (Å²) in [7, 11) is -3.65. The maximum atomic E-state index is 12.6. The molecule has 0 aliphatic carbocycles. The van der Waals surface area contributed by atoms with Crippen LogP contribution >= 0.6 is 0 Å². The Hall–Kier alpha value is -3.20. The molecule has 0 aliphatic rings. The van der Waals surface area contributed by atoms with Gasteiger partial charge in [-0.1, -0.05) is 35.9 Å². The summed E-state index contributed by atoms with van der Waals surface area (Å²) in [6, 6.07) is 14.7. The SMILES string of the molecule is CCOC(=O)CN(C(=O)COC(=O)CCS(=O)(=O)c1ccc(C)cc1)c1ccccc1. The first-order chi connectivity index (χ1) is 14.7. The third kappa shape index (κ3) is 7.53. The number of sulfone groups is 1. The first kappa shape index (κ1) is 24.1. The molecule has 2 rings (SSSR count). The van der Waals surface area contributed by atoms with Crippen molar-refractivity contribution in [2.75, 3.05) is 30.4 Å². The molecule has 0 N–H and O–H groups in total. The smallest absolute Gasteiger partial charge is 0.326 e. The molecule has 2 aromatic carbocycles. The molecule has 0 aromatic heterocycles. The van der Waals surface area contributed by atoms with E-state index in [1.807, 2.05) is 6.92 Å². The topological polar surface area (TPSA) is 107 Å². The fourth-order valence-corrected chi connectivity index (χ4v) is 3.86. The Balaban J connectivity index is 1.94. The number of carbonyl (C=O) groups is 3. The molecule has 0 saturated carbocycles. The van der Waals surface area contributed by atoms with E-state index in [4.69, 9.17) is 9.47 Å². The Morgan fingerprint density at radius 2 is 1.55 bits per heavy atom. The van der Waals surface area contributed by atoms with E-state index in [0.717, 1.165) is 10.5 Å². The van der Waals surface area contributed by atoms with Crippen LogP contribution in [-0.2, 0) is 33.7 Å². The van der Waals surface area contributed by atoms with Crippen LogP contribution in [0.2, 0.25) is 0 Å². The van der Waals surface area contributed by atoms with Crippen molar-refractivity contribution >= 4 is 33.4 Å². The van der Waals surface area contributed by atoms with Crippen LogP contribution in [-0.4, -0.2) is 51.8 Å². The van der Waals surface area contributed by atoms with E-state index >= 15 is 0 Å². The lowest BCUT2D eigenvalue weighted by molar-refractivity contribution is -0.147. The van der Waals surface area contributed by atoms with Crippen LogP contribution in [0.4, 0.5) is 5.69 Å². The second-order valence-corrected chi connectivity index (χ2v) is 8.77. The molecule has 0 spiro atoms. The van der Waals surface area contributed by atoms with Gasteiger partial charge in [0.25, 0.3) is 5.91 Å². The monoisotopic (exact) mass is 447 g/mol. The van der Waals surface area contributed by atoms with Crippen molar-refractivity contribution < 1.29 is 32.3 Å². The van der Waals surface area contributed by atoms with Gasteiger partial charge in [0.15, 0.2) is 16.4 Å². The number of carbonyl (C=O) groups excluding carboxylic acids is 3. The Kier molecular flexibility index (Phi) is 8.75. The van der Waals surface area contributed by atoms with Crippen LogP contribution in [0.15, 0.2) is 59.5 Å². The molecular formula is C22H25NO7S. The van der Waals surface area contributed by atoms with Crippen LogP contribution in [0.5, 0.6) is 0 Å². The number of nitrogens with zero attached hydrogens (tertiary/aromatic N) is 1. The molecule has 31 heavy (non-hydrogen) atoms. The molecule has 0 atom stereocenters. The number of esters is 2. The predicted molar refractivity (Wildman–Crippen MR) is 114 cm³/mol. The van der Waals surface area contributed by atoms with E-state index in [-0.39, 0.29) is 18.0 Å². The zero-order valence-corrected chi connectivity index (χ0v) is 18.3. The van der Waals surface area contributed by atoms with Crippen molar-refractivity contribution in [3.63, 3.8) is 0 Å². The number of hydrogen-bond acceptors (Lipinski definition) is 7. The quantitative estimate of drug-likeness (QED) is 0.514. The molecule has 2 aromatic rings. The molecule has 0 heterocycles. The fraction of sp³-hybridized carbons (Fsp3) is 0.318. The second-order valence-electron chi connectivity index (χ2n) is 6.66. The zero-order valence-electron chi connectivity index (χ0n) is 17.4. The highest BCUT2D eigenvalue weighted by atomic mass is 32.2. The summed E-state index contributed by atoms with van der Waals surface area (Å²) in [5.41, 5.74) is 1.36. The number of rotatable bonds is 10. The zero-order chi connectivity index (χ0) is 22.9. The number of ether oxygens (including phenoxy) is 2. The maximum Gasteiger partial charge on any atom is 0.326 e. The lowest BCUT2D eigenvalue weighted by atomic mass is 10.2. The standard InChI is InChI=1S/C22H25NO7S/c1-3-29-22(26)15-23(18-7-5-4-6-8-18)20(24)16-30-21(25)13-14-31(27,28)19-11-9-17(2)10-12-19/h4-12H,3,13-16H2,1-2H3. The van der Waals surface area contributed by atoms with Crippen molar-refractivity contribution in [3.05, 3.63) is 60.2 Å². The maximum absolute atomic E-state index is 12.6. The first-order valence-corrected chi connectivity index (χ1v) is 11.3. The average Bonchev–Trinajstić information content (AvgIpc) is 2.75. The van der Waals surface area contributed by atoms with Gasteiger partial charge in [-0.05, 0) is 38.1 Å². The van der Waals surface area contributed by atoms with E-state index in [0.29, 0.717) is 5.69 Å². The van der Waals surface area contributed by atoms with Crippen molar-refractivity contribution in [1.29, 1.82) is 0 Å². The van der Waals surface area contributed by atoms with Gasteiger partial charge in [0, 0.05) is 5.69 Å². The van der Waals surface area contributed by atoms with Gasteiger partial charge in [-0.2, -0.15) is 0 Å². The Bertz CT molecular complexity index is 1000. The highest BCUT2D eigenvalue weighted by Gasteiger charge is 2.22. The average molecular weight is 448 g/mol. The van der Waals surface area contributed by atoms with E-state index in [9.17, 15) is 22.8 Å². The van der Waals surface area contributed by atoms with E-state index in [2.05, 4.69) is 0 Å². The molecule has 166 valence electrons. The molecular weight excluding hydrogens is 422 g/mol. The highest BCUT2D eigenvalue weighted by Crippen LogP contribution is 2.15. The lowest BCUT2D eigenvalue weighted by Gasteiger charge is -2.21. The normalized spacial score (nSPS) is 10.9. The van der Waals surface area contributed by atoms with E-state index in [1.165, 1.54) is 12.1 Å². The molecule has 0 bridgehead atoms. The van der Waals surface area contributed by atoms with Gasteiger partial charge in [-0.15, -0.1) is 0 Å². The fourth-order valence-electron chi connectivity index (χ4n) is 2.64. The Labute approximate surface area is 181 Å². The number of benzene rings is 2. The minimum Gasteiger partial charge on any atom is -0.465 e. The van der Waals surface area contributed by atoms with Crippen molar-refractivity contribution in [2.45, 2.75) is 25.2 Å². The summed E-state index contributed by atoms with van der Waals surface area (Å²) in [6.45, 7) is 2.69. The van der Waals surface area contributed by atoms with Gasteiger partial charge in [0.2, 0.25) is 0 Å². The van der Waals surface area contributed by atoms with Crippen LogP contribution < -0.4 is 4.90 Å². The minimum atomic E-state index is -3.65. The largest absolute Gasteiger partial charge is 0.465 e. The first-order valence-electron chi connectivity index (χ1n) is 9.69. The number of para-hydroxylation sites is 1. The summed E-state index contributed by atoms with van der Waals surface area (Å²) < 4.78 is 34.5. The van der Waals surface area contributed by atoms with Gasteiger partial charge < -0.3 is 9.47 Å². The minimum absolute atomic E-state index is 0.117. The number of aryl methyl sites for hydroxylation is 1. The van der Waals surface area contributed by atoms with Gasteiger partial charge in [0.1, 0.15) is 6.54 Å². The molecule has 0 fully saturated rings. The lowest BCUT2D eigenvalue weighted by Crippen LogP contribution is -2.39. The summed E-state index contributed by atoms with van der Waals surface area (Å²) in [5.74, 6) is -2.49. The number of anilines is 1. The number of amides is 1. The second kappa shape index (κ2) is 11.3. The van der Waals surface area contributed by atoms with Gasteiger partial charge in [-0.25, -0.2) is 8.42 Å². The third-order valence-electron chi connectivity index (χ3n) is 4.27. The summed E-state index contributed by atoms with van der Waals surface area (Å²) in [5, 5.41) is 0. The van der Waals surface area contributed by atoms with Crippen LogP contribution in [0.1, 0.15) is 18.9 Å². The van der Waals surface area contributed by atoms with Crippen molar-refractivity contribution in [3.8, 4) is 0 Å². The Morgan fingerprint density at radius 1 is 0.903 bits per heavy atom. The molecule has 8 nitrogen and oxygen atoms in total. The third-order valence-corrected chi connectivity index (χ3v) is 6.01. The van der Waals surface area contributed by atoms with E-state index in [1.54, 1.807) is 49.4 Å². The van der Waals surface area contributed by atoms with Gasteiger partial charge >= 0.3 is 11.9 Å². The highest BCUT2D eigenvalue weighted by molar-refractivity contribution is 7.91. The molecule has 1 amide bonds. The molecule has 0 saturated heterocycles. The Morgan fingerprint density at radius 3 is 2.16 bits per heavy atom. The van der Waals surface area contributed by atoms with Crippen molar-refractivity contribution in [1.82, 2.24) is 0 Å². The summed E-state index contributed by atoms with van der Waals surface area (Å²) in [6.07, 6.45) is -0.396.